The first-order chi connectivity index (χ1) is 6.16. The van der Waals surface area contributed by atoms with Crippen molar-refractivity contribution in [3.63, 3.8) is 0 Å². The van der Waals surface area contributed by atoms with Crippen molar-refractivity contribution in [3.05, 3.63) is 29.7 Å². The van der Waals surface area contributed by atoms with Gasteiger partial charge in [-0.1, -0.05) is 6.07 Å². The number of aromatic nitrogens is 1. The molecule has 2 aromatic rings. The highest BCUT2D eigenvalue weighted by molar-refractivity contribution is 6.20. The molecule has 13 heavy (non-hydrogen) atoms. The van der Waals surface area contributed by atoms with E-state index in [2.05, 4.69) is 4.98 Å². The van der Waals surface area contributed by atoms with Gasteiger partial charge in [0.25, 0.3) is 0 Å². The Morgan fingerprint density at radius 3 is 2.92 bits per heavy atom. The standard InChI is InChI=1S/C10H10ClNO/c1-6-3-4-9-8(5-6)12-10(13-9)7(2)11/h3-5,7H,1-2H3/t7-/m1/s1. The van der Waals surface area contributed by atoms with E-state index in [1.807, 2.05) is 32.0 Å². The summed E-state index contributed by atoms with van der Waals surface area (Å²) in [6.07, 6.45) is 0. The summed E-state index contributed by atoms with van der Waals surface area (Å²) in [6, 6.07) is 5.90. The number of rotatable bonds is 1. The minimum atomic E-state index is -0.173. The van der Waals surface area contributed by atoms with Crippen LogP contribution in [0.3, 0.4) is 0 Å². The molecule has 0 unspecified atom stereocenters. The maximum Gasteiger partial charge on any atom is 0.213 e. The van der Waals surface area contributed by atoms with Crippen molar-refractivity contribution in [3.8, 4) is 0 Å². The number of aryl methyl sites for hydroxylation is 1. The second kappa shape index (κ2) is 3.04. The van der Waals surface area contributed by atoms with Crippen LogP contribution in [0.15, 0.2) is 22.6 Å². The lowest BCUT2D eigenvalue weighted by Gasteiger charge is -1.91. The molecule has 2 nitrogen and oxygen atoms in total. The Balaban J connectivity index is 2.62. The molecule has 2 rings (SSSR count). The van der Waals surface area contributed by atoms with Gasteiger partial charge in [0.2, 0.25) is 5.89 Å². The van der Waals surface area contributed by atoms with Crippen molar-refractivity contribution in [2.45, 2.75) is 19.2 Å². The highest BCUT2D eigenvalue weighted by Crippen LogP contribution is 2.24. The zero-order valence-corrected chi connectivity index (χ0v) is 8.30. The van der Waals surface area contributed by atoms with Gasteiger partial charge in [-0.3, -0.25) is 0 Å². The molecule has 1 aromatic heterocycles. The molecule has 0 saturated carbocycles. The number of oxazole rings is 1. The fourth-order valence-corrected chi connectivity index (χ4v) is 1.32. The van der Waals surface area contributed by atoms with Crippen LogP contribution in [0, 0.1) is 6.92 Å². The van der Waals surface area contributed by atoms with Gasteiger partial charge < -0.3 is 4.42 Å². The molecule has 0 spiro atoms. The lowest BCUT2D eigenvalue weighted by Crippen LogP contribution is -1.81. The van der Waals surface area contributed by atoms with Crippen molar-refractivity contribution in [2.24, 2.45) is 0 Å². The normalized spacial score (nSPS) is 13.5. The average molecular weight is 196 g/mol. The van der Waals surface area contributed by atoms with Crippen LogP contribution in [0.5, 0.6) is 0 Å². The van der Waals surface area contributed by atoms with E-state index >= 15 is 0 Å². The lowest BCUT2D eigenvalue weighted by atomic mass is 10.2. The molecule has 1 heterocycles. The number of hydrogen-bond acceptors (Lipinski definition) is 2. The molecular weight excluding hydrogens is 186 g/mol. The van der Waals surface area contributed by atoms with E-state index in [9.17, 15) is 0 Å². The van der Waals surface area contributed by atoms with Crippen LogP contribution in [-0.4, -0.2) is 4.98 Å². The molecule has 0 fully saturated rings. The molecule has 1 aromatic carbocycles. The zero-order chi connectivity index (χ0) is 9.42. The number of alkyl halides is 1. The monoisotopic (exact) mass is 195 g/mol. The van der Waals surface area contributed by atoms with Gasteiger partial charge in [-0.25, -0.2) is 4.98 Å². The largest absolute Gasteiger partial charge is 0.439 e. The predicted molar refractivity (Wildman–Crippen MR) is 53.0 cm³/mol. The van der Waals surface area contributed by atoms with E-state index in [4.69, 9.17) is 16.0 Å². The summed E-state index contributed by atoms with van der Waals surface area (Å²) >= 11 is 5.86. The maximum absolute atomic E-state index is 5.86. The van der Waals surface area contributed by atoms with E-state index in [-0.39, 0.29) is 5.38 Å². The van der Waals surface area contributed by atoms with E-state index in [1.165, 1.54) is 5.56 Å². The first kappa shape index (κ1) is 8.57. The fraction of sp³-hybridized carbons (Fsp3) is 0.300. The third-order valence-corrected chi connectivity index (χ3v) is 2.09. The Bertz CT molecular complexity index is 433. The van der Waals surface area contributed by atoms with Crippen molar-refractivity contribution in [1.82, 2.24) is 4.98 Å². The Morgan fingerprint density at radius 1 is 1.46 bits per heavy atom. The molecular formula is C10H10ClNO. The minimum Gasteiger partial charge on any atom is -0.439 e. The van der Waals surface area contributed by atoms with Crippen molar-refractivity contribution in [1.29, 1.82) is 0 Å². The first-order valence-electron chi connectivity index (χ1n) is 4.18. The molecule has 0 N–H and O–H groups in total. The van der Waals surface area contributed by atoms with Gasteiger partial charge in [-0.2, -0.15) is 0 Å². The summed E-state index contributed by atoms with van der Waals surface area (Å²) in [6.45, 7) is 3.87. The summed E-state index contributed by atoms with van der Waals surface area (Å²) < 4.78 is 5.44. The van der Waals surface area contributed by atoms with E-state index in [0.29, 0.717) is 5.89 Å². The fourth-order valence-electron chi connectivity index (χ4n) is 1.23. The molecule has 0 aliphatic carbocycles. The van der Waals surface area contributed by atoms with E-state index in [1.54, 1.807) is 0 Å². The van der Waals surface area contributed by atoms with Gasteiger partial charge in [0.05, 0.1) is 0 Å². The first-order valence-corrected chi connectivity index (χ1v) is 4.61. The van der Waals surface area contributed by atoms with Crippen molar-refractivity contribution in [2.75, 3.05) is 0 Å². The summed E-state index contributed by atoms with van der Waals surface area (Å²) in [5.74, 6) is 0.585. The number of nitrogens with zero attached hydrogens (tertiary/aromatic N) is 1. The number of benzene rings is 1. The number of halogens is 1. The van der Waals surface area contributed by atoms with Gasteiger partial charge in [0.15, 0.2) is 5.58 Å². The quantitative estimate of drug-likeness (QED) is 0.652. The van der Waals surface area contributed by atoms with Crippen LogP contribution >= 0.6 is 11.6 Å². The number of fused-ring (bicyclic) bond motifs is 1. The van der Waals surface area contributed by atoms with Crippen LogP contribution in [0.2, 0.25) is 0 Å². The molecule has 0 radical (unpaired) electrons. The van der Waals surface area contributed by atoms with Crippen molar-refractivity contribution >= 4 is 22.7 Å². The van der Waals surface area contributed by atoms with Gasteiger partial charge in [-0.05, 0) is 31.5 Å². The lowest BCUT2D eigenvalue weighted by molar-refractivity contribution is 0.531. The van der Waals surface area contributed by atoms with Crippen LogP contribution in [0.4, 0.5) is 0 Å². The summed E-state index contributed by atoms with van der Waals surface area (Å²) in [7, 11) is 0. The van der Waals surface area contributed by atoms with Gasteiger partial charge >= 0.3 is 0 Å². The Labute approximate surface area is 81.5 Å². The van der Waals surface area contributed by atoms with E-state index < -0.39 is 0 Å². The van der Waals surface area contributed by atoms with Crippen LogP contribution in [0.1, 0.15) is 23.8 Å². The molecule has 3 heteroatoms. The Morgan fingerprint density at radius 2 is 2.23 bits per heavy atom. The molecule has 0 amide bonds. The smallest absolute Gasteiger partial charge is 0.213 e. The number of hydrogen-bond donors (Lipinski definition) is 0. The van der Waals surface area contributed by atoms with Gasteiger partial charge in [-0.15, -0.1) is 11.6 Å². The third-order valence-electron chi connectivity index (χ3n) is 1.90. The molecule has 0 aliphatic heterocycles. The zero-order valence-electron chi connectivity index (χ0n) is 7.54. The molecule has 0 aliphatic rings. The molecule has 1 atom stereocenters. The Hall–Kier alpha value is -1.02. The SMILES string of the molecule is Cc1ccc2oc([C@@H](C)Cl)nc2c1. The summed E-state index contributed by atoms with van der Waals surface area (Å²) in [5.41, 5.74) is 2.85. The van der Waals surface area contributed by atoms with Gasteiger partial charge in [0.1, 0.15) is 10.9 Å². The highest BCUT2D eigenvalue weighted by atomic mass is 35.5. The van der Waals surface area contributed by atoms with Crippen LogP contribution in [0.25, 0.3) is 11.1 Å². The second-order valence-electron chi connectivity index (χ2n) is 3.14. The second-order valence-corrected chi connectivity index (χ2v) is 3.79. The molecule has 0 saturated heterocycles. The maximum atomic E-state index is 5.86. The summed E-state index contributed by atoms with van der Waals surface area (Å²) in [5, 5.41) is -0.173. The minimum absolute atomic E-state index is 0.173. The highest BCUT2D eigenvalue weighted by Gasteiger charge is 2.09. The summed E-state index contributed by atoms with van der Waals surface area (Å²) in [4.78, 5) is 4.27. The Kier molecular flexibility index (Phi) is 2.00. The average Bonchev–Trinajstić information content (AvgIpc) is 2.46. The molecule has 0 bridgehead atoms. The topological polar surface area (TPSA) is 26.0 Å². The van der Waals surface area contributed by atoms with Gasteiger partial charge in [0, 0.05) is 0 Å². The molecule has 68 valence electrons. The predicted octanol–water partition coefficient (Wildman–Crippen LogP) is 3.44. The van der Waals surface area contributed by atoms with Crippen molar-refractivity contribution < 1.29 is 4.42 Å². The van der Waals surface area contributed by atoms with Crippen LogP contribution < -0.4 is 0 Å². The van der Waals surface area contributed by atoms with E-state index in [0.717, 1.165) is 11.1 Å². The third kappa shape index (κ3) is 1.54. The van der Waals surface area contributed by atoms with Crippen LogP contribution in [-0.2, 0) is 0 Å².